The summed E-state index contributed by atoms with van der Waals surface area (Å²) in [5, 5.41) is 4.88. The van der Waals surface area contributed by atoms with Gasteiger partial charge in [-0.25, -0.2) is 4.68 Å². The molecule has 2 aromatic carbocycles. The summed E-state index contributed by atoms with van der Waals surface area (Å²) in [5.74, 6) is 0.152. The number of carbonyl (C=O) groups is 2. The van der Waals surface area contributed by atoms with Crippen molar-refractivity contribution in [2.24, 2.45) is 5.92 Å². The third kappa shape index (κ3) is 4.93. The third-order valence-electron chi connectivity index (χ3n) is 7.40. The van der Waals surface area contributed by atoms with Gasteiger partial charge in [-0.15, -0.1) is 0 Å². The first-order chi connectivity index (χ1) is 17.5. The van der Waals surface area contributed by atoms with Crippen molar-refractivity contribution >= 4 is 11.8 Å². The van der Waals surface area contributed by atoms with Gasteiger partial charge in [0.05, 0.1) is 24.5 Å². The number of aromatic nitrogens is 2. The van der Waals surface area contributed by atoms with E-state index in [0.29, 0.717) is 63.5 Å². The molecule has 0 spiro atoms. The predicted molar refractivity (Wildman–Crippen MR) is 139 cm³/mol. The maximum Gasteiger partial charge on any atom is 0.257 e. The lowest BCUT2D eigenvalue weighted by Gasteiger charge is -2.35. The second kappa shape index (κ2) is 10.7. The number of likely N-dealkylation sites (tertiary alicyclic amines) is 1. The van der Waals surface area contributed by atoms with Gasteiger partial charge in [0.1, 0.15) is 5.69 Å². The minimum atomic E-state index is -0.0262. The van der Waals surface area contributed by atoms with Crippen molar-refractivity contribution in [2.75, 3.05) is 39.4 Å². The molecular formula is C29H34N4O3. The highest BCUT2D eigenvalue weighted by molar-refractivity contribution is 6.00. The van der Waals surface area contributed by atoms with Crippen LogP contribution in [0.2, 0.25) is 0 Å². The first-order valence-corrected chi connectivity index (χ1v) is 13.0. The zero-order chi connectivity index (χ0) is 25.1. The van der Waals surface area contributed by atoms with Gasteiger partial charge in [-0.05, 0) is 43.4 Å². The zero-order valence-electron chi connectivity index (χ0n) is 21.2. The molecule has 7 heteroatoms. The Balaban J connectivity index is 1.39. The highest BCUT2D eigenvalue weighted by Gasteiger charge is 2.32. The average molecular weight is 487 g/mol. The Morgan fingerprint density at radius 3 is 2.31 bits per heavy atom. The van der Waals surface area contributed by atoms with Gasteiger partial charge in [0.25, 0.3) is 5.91 Å². The molecule has 3 aromatic rings. The largest absolute Gasteiger partial charge is 0.378 e. The van der Waals surface area contributed by atoms with Crippen molar-refractivity contribution in [1.29, 1.82) is 0 Å². The summed E-state index contributed by atoms with van der Waals surface area (Å²) in [4.78, 5) is 30.5. The molecule has 2 aliphatic rings. The lowest BCUT2D eigenvalue weighted by molar-refractivity contribution is -0.141. The monoisotopic (exact) mass is 486 g/mol. The van der Waals surface area contributed by atoms with Crippen LogP contribution in [0, 0.1) is 12.8 Å². The molecule has 2 amide bonds. The molecule has 0 aliphatic carbocycles. The van der Waals surface area contributed by atoms with Crippen LogP contribution in [0.1, 0.15) is 41.3 Å². The second-order valence-corrected chi connectivity index (χ2v) is 9.68. The maximum atomic E-state index is 13.8. The average Bonchev–Trinajstić information content (AvgIpc) is 3.38. The van der Waals surface area contributed by atoms with E-state index in [9.17, 15) is 9.59 Å². The topological polar surface area (TPSA) is 67.7 Å². The molecule has 0 N–H and O–H groups in total. The van der Waals surface area contributed by atoms with Gasteiger partial charge in [-0.1, -0.05) is 49.4 Å². The Kier molecular flexibility index (Phi) is 7.18. The van der Waals surface area contributed by atoms with Crippen molar-refractivity contribution in [1.82, 2.24) is 19.6 Å². The number of hydrogen-bond acceptors (Lipinski definition) is 4. The van der Waals surface area contributed by atoms with Gasteiger partial charge >= 0.3 is 0 Å². The number of piperidine rings is 1. The van der Waals surface area contributed by atoms with Crippen LogP contribution in [-0.2, 0) is 16.0 Å². The normalized spacial score (nSPS) is 16.8. The number of benzene rings is 2. The van der Waals surface area contributed by atoms with E-state index in [-0.39, 0.29) is 17.7 Å². The van der Waals surface area contributed by atoms with Crippen LogP contribution in [0.25, 0.3) is 16.9 Å². The number of hydrogen-bond donors (Lipinski definition) is 0. The van der Waals surface area contributed by atoms with E-state index in [1.165, 1.54) is 5.56 Å². The van der Waals surface area contributed by atoms with Crippen molar-refractivity contribution in [3.8, 4) is 16.9 Å². The number of morpholine rings is 1. The molecule has 7 nitrogen and oxygen atoms in total. The summed E-state index contributed by atoms with van der Waals surface area (Å²) in [5.41, 5.74) is 5.52. The van der Waals surface area contributed by atoms with Crippen LogP contribution in [0.15, 0.2) is 54.7 Å². The van der Waals surface area contributed by atoms with Gasteiger partial charge < -0.3 is 14.5 Å². The minimum Gasteiger partial charge on any atom is -0.378 e. The summed E-state index contributed by atoms with van der Waals surface area (Å²) in [6, 6.07) is 16.3. The Hall–Kier alpha value is -3.45. The zero-order valence-corrected chi connectivity index (χ0v) is 21.2. The molecule has 5 rings (SSSR count). The van der Waals surface area contributed by atoms with E-state index in [2.05, 4.69) is 19.1 Å². The molecule has 0 saturated carbocycles. The van der Waals surface area contributed by atoms with Gasteiger partial charge in [0.15, 0.2) is 0 Å². The molecule has 0 atom stereocenters. The van der Waals surface area contributed by atoms with Crippen molar-refractivity contribution in [2.45, 2.75) is 33.1 Å². The molecule has 0 unspecified atom stereocenters. The quantitative estimate of drug-likeness (QED) is 0.544. The summed E-state index contributed by atoms with van der Waals surface area (Å²) in [6.07, 6.45) is 4.20. The number of para-hydroxylation sites is 1. The van der Waals surface area contributed by atoms with Gasteiger partial charge in [0, 0.05) is 43.9 Å². The maximum absolute atomic E-state index is 13.8. The molecule has 3 heterocycles. The molecule has 0 radical (unpaired) electrons. The Bertz CT molecular complexity index is 1220. The first-order valence-electron chi connectivity index (χ1n) is 13.0. The summed E-state index contributed by atoms with van der Waals surface area (Å²) in [6.45, 7) is 7.86. The standard InChI is InChI=1S/C29H34N4O3/c1-3-22-8-10-23(11-9-22)27-25(20-33(30-27)26-7-5-4-6-21(26)2)29(35)31-14-12-24(13-15-31)28(34)32-16-18-36-19-17-32/h4-11,20,24H,3,12-19H2,1-2H3. The Morgan fingerprint density at radius 2 is 1.64 bits per heavy atom. The molecule has 188 valence electrons. The molecule has 0 bridgehead atoms. The van der Waals surface area contributed by atoms with Crippen LogP contribution in [-0.4, -0.2) is 70.8 Å². The van der Waals surface area contributed by atoms with E-state index in [1.54, 1.807) is 0 Å². The molecule has 1 aromatic heterocycles. The third-order valence-corrected chi connectivity index (χ3v) is 7.40. The fraction of sp³-hybridized carbons (Fsp3) is 0.414. The summed E-state index contributed by atoms with van der Waals surface area (Å²) >= 11 is 0. The van der Waals surface area contributed by atoms with E-state index < -0.39 is 0 Å². The predicted octanol–water partition coefficient (Wildman–Crippen LogP) is 4.12. The van der Waals surface area contributed by atoms with E-state index in [1.807, 2.05) is 64.0 Å². The molecule has 2 aliphatic heterocycles. The Labute approximate surface area is 212 Å². The van der Waals surface area contributed by atoms with E-state index in [4.69, 9.17) is 9.84 Å². The highest BCUT2D eigenvalue weighted by Crippen LogP contribution is 2.28. The first kappa shape index (κ1) is 24.3. The number of rotatable bonds is 5. The number of nitrogens with zero attached hydrogens (tertiary/aromatic N) is 4. The second-order valence-electron chi connectivity index (χ2n) is 9.68. The van der Waals surface area contributed by atoms with Gasteiger partial charge in [-0.2, -0.15) is 5.10 Å². The highest BCUT2D eigenvalue weighted by atomic mass is 16.5. The van der Waals surface area contributed by atoms with Gasteiger partial charge in [-0.3, -0.25) is 9.59 Å². The van der Waals surface area contributed by atoms with Crippen LogP contribution >= 0.6 is 0 Å². The lowest BCUT2D eigenvalue weighted by atomic mass is 9.94. The van der Waals surface area contributed by atoms with Crippen LogP contribution in [0.3, 0.4) is 0 Å². The number of ether oxygens (including phenoxy) is 1. The molecule has 2 saturated heterocycles. The van der Waals surface area contributed by atoms with Crippen molar-refractivity contribution in [3.63, 3.8) is 0 Å². The fourth-order valence-electron chi connectivity index (χ4n) is 5.13. The lowest BCUT2D eigenvalue weighted by Crippen LogP contribution is -2.47. The summed E-state index contributed by atoms with van der Waals surface area (Å²) in [7, 11) is 0. The summed E-state index contributed by atoms with van der Waals surface area (Å²) < 4.78 is 7.20. The number of aryl methyl sites for hydroxylation is 2. The number of amides is 2. The van der Waals surface area contributed by atoms with Crippen molar-refractivity contribution in [3.05, 3.63) is 71.4 Å². The molecule has 2 fully saturated rings. The van der Waals surface area contributed by atoms with Crippen molar-refractivity contribution < 1.29 is 14.3 Å². The van der Waals surface area contributed by atoms with E-state index in [0.717, 1.165) is 23.2 Å². The van der Waals surface area contributed by atoms with Crippen LogP contribution in [0.5, 0.6) is 0 Å². The minimum absolute atomic E-state index is 0.0251. The van der Waals surface area contributed by atoms with Crippen LogP contribution < -0.4 is 0 Å². The van der Waals surface area contributed by atoms with E-state index >= 15 is 0 Å². The smallest absolute Gasteiger partial charge is 0.257 e. The fourth-order valence-corrected chi connectivity index (χ4v) is 5.13. The number of carbonyl (C=O) groups excluding carboxylic acids is 2. The molecular weight excluding hydrogens is 452 g/mol. The SMILES string of the molecule is CCc1ccc(-c2nn(-c3ccccc3C)cc2C(=O)N2CCC(C(=O)N3CCOCC3)CC2)cc1. The van der Waals surface area contributed by atoms with Crippen LogP contribution in [0.4, 0.5) is 0 Å². The molecule has 36 heavy (non-hydrogen) atoms. The van der Waals surface area contributed by atoms with Gasteiger partial charge in [0.2, 0.25) is 5.91 Å². The Morgan fingerprint density at radius 1 is 0.944 bits per heavy atom.